The van der Waals surface area contributed by atoms with Gasteiger partial charge in [0.1, 0.15) is 5.75 Å². The van der Waals surface area contributed by atoms with E-state index in [0.717, 1.165) is 16.9 Å². The first-order chi connectivity index (χ1) is 8.08. The van der Waals surface area contributed by atoms with E-state index in [-0.39, 0.29) is 6.03 Å². The fraction of sp³-hybridized carbons (Fsp3) is 0.417. The van der Waals surface area contributed by atoms with E-state index in [1.165, 1.54) is 0 Å². The van der Waals surface area contributed by atoms with E-state index in [9.17, 15) is 4.79 Å². The summed E-state index contributed by atoms with van der Waals surface area (Å²) in [5, 5.41) is 5.90. The van der Waals surface area contributed by atoms with Crippen molar-refractivity contribution in [2.24, 2.45) is 0 Å². The number of urea groups is 1. The highest BCUT2D eigenvalue weighted by molar-refractivity contribution is 6.30. The second-order valence-corrected chi connectivity index (χ2v) is 4.11. The molecule has 17 heavy (non-hydrogen) atoms. The van der Waals surface area contributed by atoms with Crippen molar-refractivity contribution >= 4 is 17.6 Å². The van der Waals surface area contributed by atoms with Crippen LogP contribution in [0.15, 0.2) is 12.1 Å². The highest BCUT2D eigenvalue weighted by Crippen LogP contribution is 2.27. The van der Waals surface area contributed by atoms with Crippen LogP contribution in [0.3, 0.4) is 0 Å². The molecule has 2 N–H and O–H groups in total. The Hall–Kier alpha value is -1.42. The number of nitrogens with one attached hydrogen (secondary N) is 2. The minimum atomic E-state index is -0.192. The van der Waals surface area contributed by atoms with Crippen LogP contribution in [0.25, 0.3) is 0 Å². The summed E-state index contributed by atoms with van der Waals surface area (Å²) in [4.78, 5) is 11.0. The molecule has 94 valence electrons. The molecule has 0 saturated carbocycles. The van der Waals surface area contributed by atoms with E-state index in [1.807, 2.05) is 19.1 Å². The van der Waals surface area contributed by atoms with Crippen LogP contribution in [-0.4, -0.2) is 26.7 Å². The number of aryl methyl sites for hydroxylation is 1. The van der Waals surface area contributed by atoms with Gasteiger partial charge in [0, 0.05) is 18.6 Å². The van der Waals surface area contributed by atoms with Crippen molar-refractivity contribution in [1.82, 2.24) is 10.6 Å². The number of carbonyl (C=O) groups is 1. The van der Waals surface area contributed by atoms with Gasteiger partial charge in [-0.15, -0.1) is 0 Å². The molecule has 0 unspecified atom stereocenters. The molecular weight excluding hydrogens is 240 g/mol. The Kier molecular flexibility index (Phi) is 5.10. The van der Waals surface area contributed by atoms with E-state index >= 15 is 0 Å². The van der Waals surface area contributed by atoms with Crippen molar-refractivity contribution in [3.8, 4) is 5.75 Å². The van der Waals surface area contributed by atoms with Gasteiger partial charge in [-0.25, -0.2) is 4.79 Å². The molecule has 5 heteroatoms. The van der Waals surface area contributed by atoms with E-state index in [4.69, 9.17) is 16.3 Å². The largest absolute Gasteiger partial charge is 0.496 e. The summed E-state index contributed by atoms with van der Waals surface area (Å²) in [7, 11) is 3.21. The molecule has 0 aliphatic carbocycles. The number of carbonyl (C=O) groups excluding carboxylic acids is 1. The van der Waals surface area contributed by atoms with Gasteiger partial charge in [-0.05, 0) is 36.6 Å². The zero-order valence-corrected chi connectivity index (χ0v) is 11.0. The number of amides is 2. The van der Waals surface area contributed by atoms with Gasteiger partial charge in [-0.2, -0.15) is 0 Å². The number of hydrogen-bond donors (Lipinski definition) is 2. The molecule has 0 saturated heterocycles. The van der Waals surface area contributed by atoms with Crippen LogP contribution in [0, 0.1) is 6.92 Å². The van der Waals surface area contributed by atoms with Crippen LogP contribution in [0.4, 0.5) is 4.79 Å². The molecule has 0 fully saturated rings. The highest BCUT2D eigenvalue weighted by Gasteiger charge is 2.08. The van der Waals surface area contributed by atoms with Gasteiger partial charge in [-0.3, -0.25) is 0 Å². The molecule has 0 radical (unpaired) electrons. The number of ether oxygens (including phenoxy) is 1. The molecule has 0 bridgehead atoms. The van der Waals surface area contributed by atoms with Crippen LogP contribution in [0.1, 0.15) is 11.1 Å². The molecule has 0 spiro atoms. The standard InChI is InChI=1S/C12H17ClN2O2/c1-8-6-10(13)7-9(11(8)17-3)4-5-15-12(16)14-2/h6-7H,4-5H2,1-3H3,(H2,14,15,16). The van der Waals surface area contributed by atoms with E-state index in [1.54, 1.807) is 14.2 Å². The van der Waals surface area contributed by atoms with E-state index in [0.29, 0.717) is 18.0 Å². The fourth-order valence-electron chi connectivity index (χ4n) is 1.68. The van der Waals surface area contributed by atoms with E-state index < -0.39 is 0 Å². The van der Waals surface area contributed by atoms with Gasteiger partial charge >= 0.3 is 6.03 Å². The zero-order valence-electron chi connectivity index (χ0n) is 10.3. The van der Waals surface area contributed by atoms with Gasteiger partial charge < -0.3 is 15.4 Å². The summed E-state index contributed by atoms with van der Waals surface area (Å²) in [6.45, 7) is 2.48. The third-order valence-electron chi connectivity index (χ3n) is 2.43. The number of halogens is 1. The molecular formula is C12H17ClN2O2. The van der Waals surface area contributed by atoms with Crippen molar-refractivity contribution in [3.63, 3.8) is 0 Å². The highest BCUT2D eigenvalue weighted by atomic mass is 35.5. The van der Waals surface area contributed by atoms with Gasteiger partial charge in [-0.1, -0.05) is 11.6 Å². The quantitative estimate of drug-likeness (QED) is 0.867. The molecule has 1 rings (SSSR count). The van der Waals surface area contributed by atoms with Crippen LogP contribution in [-0.2, 0) is 6.42 Å². The zero-order chi connectivity index (χ0) is 12.8. The number of methoxy groups -OCH3 is 1. The summed E-state index contributed by atoms with van der Waals surface area (Å²) in [5.74, 6) is 0.827. The lowest BCUT2D eigenvalue weighted by atomic mass is 10.1. The van der Waals surface area contributed by atoms with Crippen LogP contribution >= 0.6 is 11.6 Å². The van der Waals surface area contributed by atoms with Crippen molar-refractivity contribution in [2.75, 3.05) is 20.7 Å². The van der Waals surface area contributed by atoms with Gasteiger partial charge in [0.2, 0.25) is 0 Å². The Morgan fingerprint density at radius 1 is 1.47 bits per heavy atom. The molecule has 2 amide bonds. The molecule has 0 aliphatic heterocycles. The molecule has 0 heterocycles. The lowest BCUT2D eigenvalue weighted by molar-refractivity contribution is 0.243. The Balaban J connectivity index is 2.72. The summed E-state index contributed by atoms with van der Waals surface area (Å²) < 4.78 is 5.33. The Bertz CT molecular complexity index is 408. The topological polar surface area (TPSA) is 50.4 Å². The predicted octanol–water partition coefficient (Wildman–Crippen LogP) is 2.13. The second kappa shape index (κ2) is 6.35. The first-order valence-electron chi connectivity index (χ1n) is 5.37. The predicted molar refractivity (Wildman–Crippen MR) is 68.9 cm³/mol. The van der Waals surface area contributed by atoms with Crippen molar-refractivity contribution in [1.29, 1.82) is 0 Å². The normalized spacial score (nSPS) is 9.88. The van der Waals surface area contributed by atoms with Gasteiger partial charge in [0.15, 0.2) is 0 Å². The maximum absolute atomic E-state index is 11.0. The van der Waals surface area contributed by atoms with Gasteiger partial charge in [0.25, 0.3) is 0 Å². The Morgan fingerprint density at radius 3 is 2.76 bits per heavy atom. The Morgan fingerprint density at radius 2 is 2.18 bits per heavy atom. The molecule has 0 aromatic heterocycles. The van der Waals surface area contributed by atoms with Crippen molar-refractivity contribution in [3.05, 3.63) is 28.3 Å². The minimum Gasteiger partial charge on any atom is -0.496 e. The molecule has 1 aromatic carbocycles. The van der Waals surface area contributed by atoms with Crippen LogP contribution in [0.2, 0.25) is 5.02 Å². The summed E-state index contributed by atoms with van der Waals surface area (Å²) in [6.07, 6.45) is 0.679. The maximum Gasteiger partial charge on any atom is 0.314 e. The maximum atomic E-state index is 11.0. The average molecular weight is 257 g/mol. The van der Waals surface area contributed by atoms with E-state index in [2.05, 4.69) is 10.6 Å². The third-order valence-corrected chi connectivity index (χ3v) is 2.65. The second-order valence-electron chi connectivity index (χ2n) is 3.67. The first kappa shape index (κ1) is 13.6. The SMILES string of the molecule is CNC(=O)NCCc1cc(Cl)cc(C)c1OC. The summed E-state index contributed by atoms with van der Waals surface area (Å²) >= 11 is 5.99. The van der Waals surface area contributed by atoms with Crippen LogP contribution in [0.5, 0.6) is 5.75 Å². The third kappa shape index (κ3) is 3.82. The van der Waals surface area contributed by atoms with Gasteiger partial charge in [0.05, 0.1) is 7.11 Å². The molecule has 0 aliphatic rings. The molecule has 1 aromatic rings. The molecule has 4 nitrogen and oxygen atoms in total. The number of rotatable bonds is 4. The minimum absolute atomic E-state index is 0.192. The lowest BCUT2D eigenvalue weighted by Crippen LogP contribution is -2.34. The Labute approximate surface area is 106 Å². The summed E-state index contributed by atoms with van der Waals surface area (Å²) in [6, 6.07) is 3.53. The van der Waals surface area contributed by atoms with Crippen molar-refractivity contribution in [2.45, 2.75) is 13.3 Å². The lowest BCUT2D eigenvalue weighted by Gasteiger charge is -2.12. The van der Waals surface area contributed by atoms with Crippen LogP contribution < -0.4 is 15.4 Å². The number of hydrogen-bond acceptors (Lipinski definition) is 2. The number of benzene rings is 1. The first-order valence-corrected chi connectivity index (χ1v) is 5.75. The summed E-state index contributed by atoms with van der Waals surface area (Å²) in [5.41, 5.74) is 1.99. The average Bonchev–Trinajstić information content (AvgIpc) is 2.28. The van der Waals surface area contributed by atoms with Crippen molar-refractivity contribution < 1.29 is 9.53 Å². The monoisotopic (exact) mass is 256 g/mol. The smallest absolute Gasteiger partial charge is 0.314 e. The molecule has 0 atom stereocenters. The fourth-order valence-corrected chi connectivity index (χ4v) is 1.97.